The SMILES string of the molecule is CCCC(C)(C)c1cc(-c2cc(C(C)(C)CCC)cc(C(C)(C)CCC)c2C)c(C)c(C(C)(C)CCC)c1. The van der Waals surface area contributed by atoms with Gasteiger partial charge in [0.15, 0.2) is 0 Å². The van der Waals surface area contributed by atoms with E-state index in [2.05, 4.69) is 121 Å². The summed E-state index contributed by atoms with van der Waals surface area (Å²) in [6.07, 6.45) is 9.67. The fraction of sp³-hybridized carbons (Fsp3) is 0.684. The molecule has 0 radical (unpaired) electrons. The monoisotopic (exact) mass is 518 g/mol. The summed E-state index contributed by atoms with van der Waals surface area (Å²) in [4.78, 5) is 0. The summed E-state index contributed by atoms with van der Waals surface area (Å²) in [5.41, 5.74) is 12.6. The van der Waals surface area contributed by atoms with Crippen LogP contribution in [0.1, 0.15) is 168 Å². The maximum absolute atomic E-state index is 2.58. The molecule has 214 valence electrons. The maximum atomic E-state index is 2.58. The summed E-state index contributed by atoms with van der Waals surface area (Å²) >= 11 is 0. The normalized spacial score (nSPS) is 13.3. The van der Waals surface area contributed by atoms with Crippen molar-refractivity contribution in [3.8, 4) is 11.1 Å². The van der Waals surface area contributed by atoms with Crippen molar-refractivity contribution in [3.63, 3.8) is 0 Å². The molecule has 0 heterocycles. The van der Waals surface area contributed by atoms with E-state index in [1.54, 1.807) is 11.1 Å². The lowest BCUT2D eigenvalue weighted by molar-refractivity contribution is 0.455. The molecule has 0 N–H and O–H groups in total. The van der Waals surface area contributed by atoms with Crippen LogP contribution in [-0.2, 0) is 21.7 Å². The van der Waals surface area contributed by atoms with E-state index in [0.29, 0.717) is 0 Å². The third kappa shape index (κ3) is 6.95. The van der Waals surface area contributed by atoms with Gasteiger partial charge in [-0.2, -0.15) is 0 Å². The predicted molar refractivity (Wildman–Crippen MR) is 173 cm³/mol. The summed E-state index contributed by atoms with van der Waals surface area (Å²) in [7, 11) is 0. The number of hydrogen-bond acceptors (Lipinski definition) is 0. The van der Waals surface area contributed by atoms with Gasteiger partial charge in [0.2, 0.25) is 0 Å². The van der Waals surface area contributed by atoms with E-state index in [-0.39, 0.29) is 21.7 Å². The lowest BCUT2D eigenvalue weighted by Crippen LogP contribution is -2.24. The molecule has 2 aromatic carbocycles. The Bertz CT molecular complexity index is 986. The van der Waals surface area contributed by atoms with Crippen LogP contribution in [0.3, 0.4) is 0 Å². The van der Waals surface area contributed by atoms with Gasteiger partial charge in [0, 0.05) is 0 Å². The van der Waals surface area contributed by atoms with Gasteiger partial charge in [-0.1, -0.05) is 133 Å². The maximum Gasteiger partial charge on any atom is -0.0101 e. The summed E-state index contributed by atoms with van der Waals surface area (Å²) in [6, 6.07) is 10.3. The van der Waals surface area contributed by atoms with Crippen molar-refractivity contribution >= 4 is 0 Å². The molecule has 2 aromatic rings. The predicted octanol–water partition coefficient (Wildman–Crippen LogP) is 12.3. The van der Waals surface area contributed by atoms with Gasteiger partial charge in [-0.05, 0) is 106 Å². The molecule has 38 heavy (non-hydrogen) atoms. The molecular formula is C38H62. The highest BCUT2D eigenvalue weighted by Crippen LogP contribution is 2.45. The molecule has 0 aliphatic rings. The van der Waals surface area contributed by atoms with Crippen molar-refractivity contribution in [3.05, 3.63) is 57.6 Å². The zero-order valence-electron chi connectivity index (χ0n) is 28.0. The van der Waals surface area contributed by atoms with Crippen molar-refractivity contribution < 1.29 is 0 Å². The molecule has 0 spiro atoms. The van der Waals surface area contributed by atoms with Crippen LogP contribution < -0.4 is 0 Å². The van der Waals surface area contributed by atoms with Crippen LogP contribution in [0.4, 0.5) is 0 Å². The Balaban J connectivity index is 3.06. The fourth-order valence-corrected chi connectivity index (χ4v) is 7.23. The minimum absolute atomic E-state index is 0.156. The van der Waals surface area contributed by atoms with Crippen molar-refractivity contribution in [1.29, 1.82) is 0 Å². The first-order valence-corrected chi connectivity index (χ1v) is 15.8. The number of rotatable bonds is 13. The molecule has 0 heteroatoms. The second-order valence-electron chi connectivity index (χ2n) is 14.9. The van der Waals surface area contributed by atoms with Gasteiger partial charge >= 0.3 is 0 Å². The van der Waals surface area contributed by atoms with E-state index in [4.69, 9.17) is 0 Å². The molecule has 0 nitrogen and oxygen atoms in total. The van der Waals surface area contributed by atoms with Gasteiger partial charge in [0.05, 0.1) is 0 Å². The quantitative estimate of drug-likeness (QED) is 0.247. The van der Waals surface area contributed by atoms with Crippen LogP contribution in [0.2, 0.25) is 0 Å². The average molecular weight is 519 g/mol. The van der Waals surface area contributed by atoms with E-state index in [1.807, 2.05) is 0 Å². The van der Waals surface area contributed by atoms with Crippen LogP contribution in [0.5, 0.6) is 0 Å². The summed E-state index contributed by atoms with van der Waals surface area (Å²) < 4.78 is 0. The zero-order valence-corrected chi connectivity index (χ0v) is 28.0. The molecule has 0 aliphatic carbocycles. The lowest BCUT2D eigenvalue weighted by atomic mass is 9.69. The van der Waals surface area contributed by atoms with E-state index >= 15 is 0 Å². The zero-order chi connectivity index (χ0) is 29.1. The first-order chi connectivity index (χ1) is 17.5. The van der Waals surface area contributed by atoms with Crippen LogP contribution in [0.25, 0.3) is 11.1 Å². The highest BCUT2D eigenvalue weighted by atomic mass is 14.4. The number of benzene rings is 2. The molecular weight excluding hydrogens is 456 g/mol. The second-order valence-corrected chi connectivity index (χ2v) is 14.9. The minimum Gasteiger partial charge on any atom is -0.0654 e. The van der Waals surface area contributed by atoms with Crippen LogP contribution >= 0.6 is 0 Å². The van der Waals surface area contributed by atoms with Gasteiger partial charge in [-0.25, -0.2) is 0 Å². The third-order valence-corrected chi connectivity index (χ3v) is 9.63. The lowest BCUT2D eigenvalue weighted by Gasteiger charge is -2.35. The van der Waals surface area contributed by atoms with Crippen molar-refractivity contribution in [2.75, 3.05) is 0 Å². The molecule has 0 unspecified atom stereocenters. The molecule has 0 saturated carbocycles. The van der Waals surface area contributed by atoms with Crippen LogP contribution in [0, 0.1) is 13.8 Å². The summed E-state index contributed by atoms with van der Waals surface area (Å²) in [5, 5.41) is 0. The average Bonchev–Trinajstić information content (AvgIpc) is 2.79. The molecule has 0 bridgehead atoms. The van der Waals surface area contributed by atoms with Crippen molar-refractivity contribution in [2.24, 2.45) is 0 Å². The van der Waals surface area contributed by atoms with E-state index in [9.17, 15) is 0 Å². The standard InChI is InChI=1S/C38H62/c1-15-19-35(7,8)29-23-31(27(5)33(25-29)37(11,12)21-17-3)32-24-30(36(9,10)20-16-2)26-34(28(32)6)38(13,14)22-18-4/h23-26H,15-22H2,1-14H3. The van der Waals surface area contributed by atoms with Crippen molar-refractivity contribution in [2.45, 2.75) is 170 Å². The first-order valence-electron chi connectivity index (χ1n) is 15.8. The van der Waals surface area contributed by atoms with Gasteiger partial charge < -0.3 is 0 Å². The minimum atomic E-state index is 0.156. The first kappa shape index (κ1) is 32.7. The Morgan fingerprint density at radius 3 is 0.947 bits per heavy atom. The van der Waals surface area contributed by atoms with Gasteiger partial charge in [-0.15, -0.1) is 0 Å². The molecule has 2 rings (SSSR count). The largest absolute Gasteiger partial charge is 0.0654 e. The molecule has 0 amide bonds. The highest BCUT2D eigenvalue weighted by Gasteiger charge is 2.31. The summed E-state index contributed by atoms with van der Waals surface area (Å²) in [6.45, 7) is 33.7. The van der Waals surface area contributed by atoms with E-state index < -0.39 is 0 Å². The fourth-order valence-electron chi connectivity index (χ4n) is 7.23. The van der Waals surface area contributed by atoms with Gasteiger partial charge in [0.25, 0.3) is 0 Å². The number of hydrogen-bond donors (Lipinski definition) is 0. The smallest absolute Gasteiger partial charge is 0.0101 e. The van der Waals surface area contributed by atoms with Gasteiger partial charge in [0.1, 0.15) is 0 Å². The Morgan fingerprint density at radius 1 is 0.421 bits per heavy atom. The molecule has 0 aliphatic heterocycles. The van der Waals surface area contributed by atoms with Crippen LogP contribution in [-0.4, -0.2) is 0 Å². The van der Waals surface area contributed by atoms with E-state index in [1.165, 1.54) is 84.7 Å². The topological polar surface area (TPSA) is 0 Å². The second kappa shape index (κ2) is 12.3. The molecule has 0 atom stereocenters. The molecule has 0 saturated heterocycles. The highest BCUT2D eigenvalue weighted by molar-refractivity contribution is 5.76. The van der Waals surface area contributed by atoms with E-state index in [0.717, 1.165) is 0 Å². The Hall–Kier alpha value is -1.56. The Morgan fingerprint density at radius 2 is 0.684 bits per heavy atom. The Kier molecular flexibility index (Phi) is 10.6. The molecule has 0 aromatic heterocycles. The Labute approximate surface area is 238 Å². The summed E-state index contributed by atoms with van der Waals surface area (Å²) in [5.74, 6) is 0. The van der Waals surface area contributed by atoms with Crippen molar-refractivity contribution in [1.82, 2.24) is 0 Å². The molecule has 0 fully saturated rings. The van der Waals surface area contributed by atoms with Crippen LogP contribution in [0.15, 0.2) is 24.3 Å². The van der Waals surface area contributed by atoms with Gasteiger partial charge in [-0.3, -0.25) is 0 Å². The third-order valence-electron chi connectivity index (χ3n) is 9.63.